The molecule has 0 bridgehead atoms. The Morgan fingerprint density at radius 3 is 3.00 bits per heavy atom. The number of esters is 1. The Morgan fingerprint density at radius 1 is 1.59 bits per heavy atom. The van der Waals surface area contributed by atoms with Gasteiger partial charge in [-0.15, -0.1) is 11.3 Å². The van der Waals surface area contributed by atoms with E-state index in [-0.39, 0.29) is 11.9 Å². The zero-order valence-corrected chi connectivity index (χ0v) is 11.1. The fourth-order valence-corrected chi connectivity index (χ4v) is 2.78. The van der Waals surface area contributed by atoms with Gasteiger partial charge in [0.05, 0.1) is 21.8 Å². The van der Waals surface area contributed by atoms with Gasteiger partial charge in [-0.2, -0.15) is 0 Å². The number of fused-ring (bicyclic) bond motifs is 1. The van der Waals surface area contributed by atoms with Crippen LogP contribution in [0.25, 0.3) is 10.2 Å². The Labute approximate surface area is 108 Å². The van der Waals surface area contributed by atoms with E-state index in [2.05, 4.69) is 4.98 Å². The lowest BCUT2D eigenvalue weighted by Crippen LogP contribution is -2.12. The van der Waals surface area contributed by atoms with Crippen molar-refractivity contribution in [2.75, 3.05) is 6.61 Å². The second-order valence-corrected chi connectivity index (χ2v) is 5.05. The average molecular weight is 270 g/mol. The van der Waals surface area contributed by atoms with Crippen molar-refractivity contribution < 1.29 is 9.53 Å². The predicted octanol–water partition coefficient (Wildman–Crippen LogP) is 3.62. The highest BCUT2D eigenvalue weighted by Crippen LogP contribution is 2.32. The van der Waals surface area contributed by atoms with Crippen molar-refractivity contribution in [2.24, 2.45) is 0 Å². The first kappa shape index (κ1) is 12.3. The number of thiazole rings is 1. The Balaban J connectivity index is 2.36. The average Bonchev–Trinajstić information content (AvgIpc) is 2.73. The molecule has 0 aliphatic carbocycles. The molecule has 0 N–H and O–H groups in total. The minimum Gasteiger partial charge on any atom is -0.465 e. The van der Waals surface area contributed by atoms with Crippen LogP contribution in [0.15, 0.2) is 18.2 Å². The largest absolute Gasteiger partial charge is 0.465 e. The monoisotopic (exact) mass is 269 g/mol. The van der Waals surface area contributed by atoms with Crippen LogP contribution in [0.5, 0.6) is 0 Å². The normalized spacial score (nSPS) is 12.6. The van der Waals surface area contributed by atoms with Crippen molar-refractivity contribution >= 4 is 39.1 Å². The molecule has 0 amide bonds. The lowest BCUT2D eigenvalue weighted by Gasteiger charge is -2.06. The highest BCUT2D eigenvalue weighted by molar-refractivity contribution is 7.19. The molecule has 0 spiro atoms. The number of benzene rings is 1. The van der Waals surface area contributed by atoms with E-state index in [0.717, 1.165) is 15.2 Å². The number of hydrogen-bond donors (Lipinski definition) is 0. The van der Waals surface area contributed by atoms with Gasteiger partial charge < -0.3 is 4.74 Å². The van der Waals surface area contributed by atoms with Crippen LogP contribution < -0.4 is 0 Å². The zero-order chi connectivity index (χ0) is 12.4. The quantitative estimate of drug-likeness (QED) is 0.799. The van der Waals surface area contributed by atoms with Gasteiger partial charge in [0.25, 0.3) is 0 Å². The number of halogens is 1. The van der Waals surface area contributed by atoms with Gasteiger partial charge in [0.15, 0.2) is 0 Å². The molecule has 3 nitrogen and oxygen atoms in total. The van der Waals surface area contributed by atoms with Gasteiger partial charge in [0.2, 0.25) is 0 Å². The summed E-state index contributed by atoms with van der Waals surface area (Å²) in [6.45, 7) is 3.97. The molecule has 1 aromatic heterocycles. The molecular formula is C12H12ClNO2S. The second kappa shape index (κ2) is 5.02. The molecule has 1 aromatic carbocycles. The molecule has 5 heteroatoms. The summed E-state index contributed by atoms with van der Waals surface area (Å²) in [7, 11) is 0. The number of carbonyl (C=O) groups excluding carboxylic acids is 1. The second-order valence-electron chi connectivity index (χ2n) is 3.61. The summed E-state index contributed by atoms with van der Waals surface area (Å²) < 4.78 is 5.90. The molecule has 0 aliphatic heterocycles. The summed E-state index contributed by atoms with van der Waals surface area (Å²) >= 11 is 7.51. The van der Waals surface area contributed by atoms with Crippen LogP contribution in [0.4, 0.5) is 0 Å². The van der Waals surface area contributed by atoms with Gasteiger partial charge in [-0.05, 0) is 26.0 Å². The summed E-state index contributed by atoms with van der Waals surface area (Å²) in [5.74, 6) is -0.592. The Hall–Kier alpha value is -1.13. The van der Waals surface area contributed by atoms with E-state index in [9.17, 15) is 4.79 Å². The Morgan fingerprint density at radius 2 is 2.35 bits per heavy atom. The first-order valence-corrected chi connectivity index (χ1v) is 6.54. The minimum absolute atomic E-state index is 0.248. The van der Waals surface area contributed by atoms with E-state index in [1.807, 2.05) is 18.2 Å². The molecule has 0 saturated carbocycles. The molecule has 2 rings (SSSR count). The molecule has 1 heterocycles. The van der Waals surface area contributed by atoms with Crippen LogP contribution in [0.1, 0.15) is 24.8 Å². The highest BCUT2D eigenvalue weighted by atomic mass is 35.5. The fourth-order valence-electron chi connectivity index (χ4n) is 1.49. The maximum absolute atomic E-state index is 11.6. The van der Waals surface area contributed by atoms with E-state index in [4.69, 9.17) is 16.3 Å². The molecule has 0 saturated heterocycles. The minimum atomic E-state index is -0.344. The number of rotatable bonds is 3. The number of nitrogens with zero attached hydrogens (tertiary/aromatic N) is 1. The van der Waals surface area contributed by atoms with Gasteiger partial charge in [-0.3, -0.25) is 4.79 Å². The van der Waals surface area contributed by atoms with Gasteiger partial charge in [-0.1, -0.05) is 17.7 Å². The first-order chi connectivity index (χ1) is 8.13. The maximum atomic E-state index is 11.6. The molecule has 90 valence electrons. The molecular weight excluding hydrogens is 258 g/mol. The van der Waals surface area contributed by atoms with Crippen LogP contribution in [0.3, 0.4) is 0 Å². The standard InChI is InChI=1S/C12H12ClNO2S/c1-3-16-12(15)7(2)11-14-9-6-4-5-8(13)10(9)17-11/h4-7H,3H2,1-2H3. The van der Waals surface area contributed by atoms with Crippen LogP contribution in [-0.4, -0.2) is 17.6 Å². The summed E-state index contributed by atoms with van der Waals surface area (Å²) in [6, 6.07) is 5.56. The van der Waals surface area contributed by atoms with Gasteiger partial charge in [0.1, 0.15) is 10.9 Å². The third kappa shape index (κ3) is 2.42. The van der Waals surface area contributed by atoms with E-state index in [1.165, 1.54) is 11.3 Å². The Bertz CT molecular complexity index is 552. The topological polar surface area (TPSA) is 39.2 Å². The molecule has 0 radical (unpaired) electrons. The molecule has 1 unspecified atom stereocenters. The van der Waals surface area contributed by atoms with Crippen molar-refractivity contribution in [3.8, 4) is 0 Å². The molecule has 0 aliphatic rings. The smallest absolute Gasteiger partial charge is 0.315 e. The van der Waals surface area contributed by atoms with Crippen molar-refractivity contribution in [1.29, 1.82) is 0 Å². The zero-order valence-electron chi connectivity index (χ0n) is 9.57. The van der Waals surface area contributed by atoms with Gasteiger partial charge in [-0.25, -0.2) is 4.98 Å². The van der Waals surface area contributed by atoms with Crippen LogP contribution in [-0.2, 0) is 9.53 Å². The lowest BCUT2D eigenvalue weighted by molar-refractivity contribution is -0.144. The predicted molar refractivity (Wildman–Crippen MR) is 69.7 cm³/mol. The number of ether oxygens (including phenoxy) is 1. The number of carbonyl (C=O) groups is 1. The summed E-state index contributed by atoms with van der Waals surface area (Å²) in [6.07, 6.45) is 0. The lowest BCUT2D eigenvalue weighted by atomic mass is 10.2. The SMILES string of the molecule is CCOC(=O)C(C)c1nc2cccc(Cl)c2s1. The van der Waals surface area contributed by atoms with E-state index >= 15 is 0 Å². The fraction of sp³-hybridized carbons (Fsp3) is 0.333. The Kier molecular flexibility index (Phi) is 3.64. The van der Waals surface area contributed by atoms with Crippen LogP contribution >= 0.6 is 22.9 Å². The van der Waals surface area contributed by atoms with Gasteiger partial charge in [0, 0.05) is 0 Å². The maximum Gasteiger partial charge on any atom is 0.315 e. The number of hydrogen-bond acceptors (Lipinski definition) is 4. The third-order valence-corrected chi connectivity index (χ3v) is 4.11. The van der Waals surface area contributed by atoms with Crippen molar-refractivity contribution in [2.45, 2.75) is 19.8 Å². The van der Waals surface area contributed by atoms with Gasteiger partial charge >= 0.3 is 5.97 Å². The van der Waals surface area contributed by atoms with E-state index in [1.54, 1.807) is 13.8 Å². The van der Waals surface area contributed by atoms with Crippen molar-refractivity contribution in [1.82, 2.24) is 4.98 Å². The highest BCUT2D eigenvalue weighted by Gasteiger charge is 2.20. The summed E-state index contributed by atoms with van der Waals surface area (Å²) in [5, 5.41) is 1.41. The summed E-state index contributed by atoms with van der Waals surface area (Å²) in [5.41, 5.74) is 0.827. The van der Waals surface area contributed by atoms with Crippen LogP contribution in [0, 0.1) is 0 Å². The third-order valence-electron chi connectivity index (χ3n) is 2.39. The molecule has 2 aromatic rings. The number of aromatic nitrogens is 1. The van der Waals surface area contributed by atoms with E-state index in [0.29, 0.717) is 11.6 Å². The first-order valence-electron chi connectivity index (χ1n) is 5.35. The van der Waals surface area contributed by atoms with Crippen molar-refractivity contribution in [3.63, 3.8) is 0 Å². The van der Waals surface area contributed by atoms with Crippen molar-refractivity contribution in [3.05, 3.63) is 28.2 Å². The van der Waals surface area contributed by atoms with E-state index < -0.39 is 0 Å². The molecule has 0 fully saturated rings. The molecule has 1 atom stereocenters. The summed E-state index contributed by atoms with van der Waals surface area (Å²) in [4.78, 5) is 16.0. The molecule has 17 heavy (non-hydrogen) atoms. The van der Waals surface area contributed by atoms with Crippen LogP contribution in [0.2, 0.25) is 5.02 Å².